The van der Waals surface area contributed by atoms with Crippen molar-refractivity contribution in [2.75, 3.05) is 7.11 Å². The van der Waals surface area contributed by atoms with Crippen LogP contribution in [0.5, 0.6) is 0 Å². The van der Waals surface area contributed by atoms with Gasteiger partial charge in [-0.1, -0.05) is 24.6 Å². The number of rotatable bonds is 3. The largest absolute Gasteiger partial charge is 0.469 e. The Balaban J connectivity index is 2.95. The summed E-state index contributed by atoms with van der Waals surface area (Å²) in [4.78, 5) is 11.1. The molecule has 18 heavy (non-hydrogen) atoms. The molecule has 0 bridgehead atoms. The molecule has 100 valence electrons. The third-order valence-corrected chi connectivity index (χ3v) is 2.89. The van der Waals surface area contributed by atoms with Crippen molar-refractivity contribution in [3.63, 3.8) is 0 Å². The van der Waals surface area contributed by atoms with Crippen molar-refractivity contribution in [1.82, 2.24) is 0 Å². The molecule has 1 aromatic carbocycles. The molecule has 0 saturated heterocycles. The number of halogens is 4. The highest BCUT2D eigenvalue weighted by Gasteiger charge is 2.31. The molecule has 0 aromatic heterocycles. The SMILES string of the molecule is COC(=O)CC(C)c1ccc(C(F)(F)F)cc1Cl. The normalized spacial score (nSPS) is 13.2. The number of hydrogen-bond donors (Lipinski definition) is 0. The second-order valence-corrected chi connectivity index (χ2v) is 4.32. The van der Waals surface area contributed by atoms with E-state index in [1.54, 1.807) is 6.92 Å². The number of esters is 1. The smallest absolute Gasteiger partial charge is 0.416 e. The lowest BCUT2D eigenvalue weighted by Crippen LogP contribution is -2.08. The van der Waals surface area contributed by atoms with Crippen molar-refractivity contribution < 1.29 is 22.7 Å². The first-order valence-electron chi connectivity index (χ1n) is 5.19. The van der Waals surface area contributed by atoms with Crippen LogP contribution in [0.4, 0.5) is 13.2 Å². The third kappa shape index (κ3) is 3.63. The minimum atomic E-state index is -4.42. The number of carbonyl (C=O) groups excluding carboxylic acids is 1. The zero-order chi connectivity index (χ0) is 13.9. The van der Waals surface area contributed by atoms with Crippen LogP contribution in [0.25, 0.3) is 0 Å². The summed E-state index contributed by atoms with van der Waals surface area (Å²) < 4.78 is 41.8. The van der Waals surface area contributed by atoms with Crippen molar-refractivity contribution in [2.45, 2.75) is 25.4 Å². The molecule has 0 fully saturated rings. The molecule has 6 heteroatoms. The van der Waals surface area contributed by atoms with Crippen LogP contribution in [0.15, 0.2) is 18.2 Å². The van der Waals surface area contributed by atoms with Gasteiger partial charge in [0.15, 0.2) is 0 Å². The second-order valence-electron chi connectivity index (χ2n) is 3.92. The molecule has 0 aliphatic heterocycles. The van der Waals surface area contributed by atoms with Crippen molar-refractivity contribution in [1.29, 1.82) is 0 Å². The summed E-state index contributed by atoms with van der Waals surface area (Å²) in [6.07, 6.45) is -4.35. The maximum atomic E-state index is 12.4. The Hall–Kier alpha value is -1.23. The van der Waals surface area contributed by atoms with Crippen LogP contribution in [0, 0.1) is 0 Å². The Morgan fingerprint density at radius 1 is 1.44 bits per heavy atom. The lowest BCUT2D eigenvalue weighted by molar-refractivity contribution is -0.141. The quantitative estimate of drug-likeness (QED) is 0.782. The summed E-state index contributed by atoms with van der Waals surface area (Å²) in [6.45, 7) is 1.70. The molecular weight excluding hydrogens is 269 g/mol. The molecule has 0 amide bonds. The van der Waals surface area contributed by atoms with Gasteiger partial charge in [-0.05, 0) is 23.6 Å². The summed E-state index contributed by atoms with van der Waals surface area (Å²) in [7, 11) is 1.25. The van der Waals surface area contributed by atoms with Crippen LogP contribution >= 0.6 is 11.6 Å². The van der Waals surface area contributed by atoms with Crippen LogP contribution in [0.1, 0.15) is 30.4 Å². The first kappa shape index (κ1) is 14.8. The fourth-order valence-corrected chi connectivity index (χ4v) is 1.91. The van der Waals surface area contributed by atoms with Gasteiger partial charge in [-0.25, -0.2) is 0 Å². The van der Waals surface area contributed by atoms with Crippen LogP contribution < -0.4 is 0 Å². The predicted octanol–water partition coefficient (Wildman–Crippen LogP) is 4.03. The molecule has 0 aliphatic carbocycles. The monoisotopic (exact) mass is 280 g/mol. The standard InChI is InChI=1S/C12H12ClF3O2/c1-7(5-11(17)18-2)9-4-3-8(6-10(9)13)12(14,15)16/h3-4,6-7H,5H2,1-2H3. The Morgan fingerprint density at radius 2 is 2.06 bits per heavy atom. The Kier molecular flexibility index (Phi) is 4.62. The second kappa shape index (κ2) is 5.61. The highest BCUT2D eigenvalue weighted by atomic mass is 35.5. The number of methoxy groups -OCH3 is 1. The van der Waals surface area contributed by atoms with E-state index in [1.807, 2.05) is 0 Å². The molecule has 0 N–H and O–H groups in total. The minimum absolute atomic E-state index is 0.00114. The van der Waals surface area contributed by atoms with Gasteiger partial charge in [-0.3, -0.25) is 4.79 Å². The lowest BCUT2D eigenvalue weighted by atomic mass is 9.96. The molecule has 1 rings (SSSR count). The Morgan fingerprint density at radius 3 is 2.50 bits per heavy atom. The van der Waals surface area contributed by atoms with E-state index < -0.39 is 17.7 Å². The molecule has 0 aliphatic rings. The molecule has 0 spiro atoms. The third-order valence-electron chi connectivity index (χ3n) is 2.56. The number of benzene rings is 1. The number of alkyl halides is 3. The van der Waals surface area contributed by atoms with Gasteiger partial charge in [0.2, 0.25) is 0 Å². The van der Waals surface area contributed by atoms with Gasteiger partial charge in [-0.2, -0.15) is 13.2 Å². The molecule has 0 heterocycles. The van der Waals surface area contributed by atoms with Gasteiger partial charge < -0.3 is 4.74 Å². The van der Waals surface area contributed by atoms with Gasteiger partial charge >= 0.3 is 12.1 Å². The zero-order valence-corrected chi connectivity index (χ0v) is 10.6. The van der Waals surface area contributed by atoms with E-state index in [0.29, 0.717) is 5.56 Å². The maximum absolute atomic E-state index is 12.4. The number of hydrogen-bond acceptors (Lipinski definition) is 2. The van der Waals surface area contributed by atoms with E-state index in [1.165, 1.54) is 13.2 Å². The molecule has 0 saturated carbocycles. The highest BCUT2D eigenvalue weighted by Crippen LogP contribution is 2.34. The minimum Gasteiger partial charge on any atom is -0.469 e. The van der Waals surface area contributed by atoms with Crippen molar-refractivity contribution in [3.05, 3.63) is 34.3 Å². The summed E-state index contributed by atoms with van der Waals surface area (Å²) in [5, 5.41) is 0.00114. The van der Waals surface area contributed by atoms with Gasteiger partial charge in [0.05, 0.1) is 19.1 Å². The summed E-state index contributed by atoms with van der Waals surface area (Å²) >= 11 is 5.80. The first-order chi connectivity index (χ1) is 8.25. The van der Waals surface area contributed by atoms with Gasteiger partial charge in [0.1, 0.15) is 0 Å². The average molecular weight is 281 g/mol. The van der Waals surface area contributed by atoms with E-state index in [4.69, 9.17) is 11.6 Å². The van der Waals surface area contributed by atoms with Gasteiger partial charge in [0, 0.05) is 5.02 Å². The fraction of sp³-hybridized carbons (Fsp3) is 0.417. The molecule has 0 radical (unpaired) electrons. The number of ether oxygens (including phenoxy) is 1. The fourth-order valence-electron chi connectivity index (χ4n) is 1.55. The van der Waals surface area contributed by atoms with E-state index in [-0.39, 0.29) is 17.4 Å². The molecule has 2 nitrogen and oxygen atoms in total. The van der Waals surface area contributed by atoms with Gasteiger partial charge in [0.25, 0.3) is 0 Å². The van der Waals surface area contributed by atoms with Crippen LogP contribution in [0.2, 0.25) is 5.02 Å². The van der Waals surface area contributed by atoms with Crippen LogP contribution in [-0.4, -0.2) is 13.1 Å². The van der Waals surface area contributed by atoms with Crippen molar-refractivity contribution >= 4 is 17.6 Å². The maximum Gasteiger partial charge on any atom is 0.416 e. The highest BCUT2D eigenvalue weighted by molar-refractivity contribution is 6.31. The van der Waals surface area contributed by atoms with E-state index in [9.17, 15) is 18.0 Å². The number of carbonyl (C=O) groups is 1. The lowest BCUT2D eigenvalue weighted by Gasteiger charge is -2.14. The van der Waals surface area contributed by atoms with Crippen LogP contribution in [0.3, 0.4) is 0 Å². The van der Waals surface area contributed by atoms with E-state index >= 15 is 0 Å². The van der Waals surface area contributed by atoms with Crippen LogP contribution in [-0.2, 0) is 15.7 Å². The first-order valence-corrected chi connectivity index (χ1v) is 5.57. The molecule has 1 atom stereocenters. The summed E-state index contributed by atoms with van der Waals surface area (Å²) in [5.74, 6) is -0.731. The van der Waals surface area contributed by atoms with Crippen molar-refractivity contribution in [2.24, 2.45) is 0 Å². The summed E-state index contributed by atoms with van der Waals surface area (Å²) in [6, 6.07) is 3.11. The predicted molar refractivity (Wildman–Crippen MR) is 61.5 cm³/mol. The van der Waals surface area contributed by atoms with Gasteiger partial charge in [-0.15, -0.1) is 0 Å². The van der Waals surface area contributed by atoms with E-state index in [0.717, 1.165) is 12.1 Å². The molecule has 1 unspecified atom stereocenters. The summed E-state index contributed by atoms with van der Waals surface area (Å²) in [5.41, 5.74) is -0.309. The average Bonchev–Trinajstić information content (AvgIpc) is 2.27. The van der Waals surface area contributed by atoms with Crippen molar-refractivity contribution in [3.8, 4) is 0 Å². The zero-order valence-electron chi connectivity index (χ0n) is 9.84. The molecular formula is C12H12ClF3O2. The molecule has 1 aromatic rings. The Bertz CT molecular complexity index is 443. The topological polar surface area (TPSA) is 26.3 Å². The van der Waals surface area contributed by atoms with E-state index in [2.05, 4.69) is 4.74 Å². The Labute approximate surface area is 108 Å².